The van der Waals surface area contributed by atoms with Crippen LogP contribution in [0.5, 0.6) is 0 Å². The van der Waals surface area contributed by atoms with Gasteiger partial charge in [0.2, 0.25) is 0 Å². The first-order valence-electron chi connectivity index (χ1n) is 9.56. The van der Waals surface area contributed by atoms with Crippen LogP contribution in [-0.4, -0.2) is 21.6 Å². The van der Waals surface area contributed by atoms with Crippen LogP contribution in [0.25, 0.3) is 0 Å². The van der Waals surface area contributed by atoms with Gasteiger partial charge in [-0.05, 0) is 50.2 Å². The van der Waals surface area contributed by atoms with Crippen molar-refractivity contribution >= 4 is 0 Å². The third kappa shape index (κ3) is 5.17. The van der Waals surface area contributed by atoms with E-state index in [1.807, 2.05) is 13.8 Å². The highest BCUT2D eigenvalue weighted by Crippen LogP contribution is 2.35. The minimum Gasteiger partial charge on any atom is -0.390 e. The lowest BCUT2D eigenvalue weighted by molar-refractivity contribution is -0.0210. The third-order valence-corrected chi connectivity index (χ3v) is 5.62. The molecule has 1 aliphatic rings. The molecule has 1 saturated carbocycles. The lowest BCUT2D eigenvalue weighted by Crippen LogP contribution is -2.43. The van der Waals surface area contributed by atoms with E-state index in [9.17, 15) is 5.11 Å². The van der Waals surface area contributed by atoms with Gasteiger partial charge in [0, 0.05) is 19.1 Å². The Kier molecular flexibility index (Phi) is 5.93. The van der Waals surface area contributed by atoms with Crippen molar-refractivity contribution in [2.45, 2.75) is 64.3 Å². The highest BCUT2D eigenvalue weighted by atomic mass is 16.3. The van der Waals surface area contributed by atoms with E-state index in [4.69, 9.17) is 0 Å². The van der Waals surface area contributed by atoms with Crippen molar-refractivity contribution in [2.75, 3.05) is 0 Å². The smallest absolute Gasteiger partial charge is 0.0620 e. The van der Waals surface area contributed by atoms with Gasteiger partial charge in [0.15, 0.2) is 0 Å². The van der Waals surface area contributed by atoms with Crippen molar-refractivity contribution in [2.24, 2.45) is 5.92 Å². The fourth-order valence-corrected chi connectivity index (χ4v) is 4.09. The summed E-state index contributed by atoms with van der Waals surface area (Å²) in [5.74, 6) is 0.389. The zero-order valence-corrected chi connectivity index (χ0v) is 15.6. The summed E-state index contributed by atoms with van der Waals surface area (Å²) in [7, 11) is 0. The van der Waals surface area contributed by atoms with Gasteiger partial charge in [-0.3, -0.25) is 4.90 Å². The van der Waals surface area contributed by atoms with Crippen molar-refractivity contribution in [1.29, 1.82) is 0 Å². The Morgan fingerprint density at radius 2 is 1.40 bits per heavy atom. The summed E-state index contributed by atoms with van der Waals surface area (Å²) in [4.78, 5) is 2.61. The summed E-state index contributed by atoms with van der Waals surface area (Å²) in [6.45, 7) is 5.88. The van der Waals surface area contributed by atoms with Gasteiger partial charge < -0.3 is 5.11 Å². The van der Waals surface area contributed by atoms with Crippen molar-refractivity contribution in [3.8, 4) is 0 Å². The molecule has 2 aromatic rings. The molecule has 1 N–H and O–H groups in total. The average molecular weight is 338 g/mol. The molecule has 3 rings (SSSR count). The molecule has 25 heavy (non-hydrogen) atoms. The summed E-state index contributed by atoms with van der Waals surface area (Å²) in [5, 5.41) is 10.5. The van der Waals surface area contributed by atoms with E-state index in [2.05, 4.69) is 65.6 Å². The number of hydrogen-bond donors (Lipinski definition) is 1. The highest BCUT2D eigenvalue weighted by molar-refractivity contribution is 5.17. The van der Waals surface area contributed by atoms with Gasteiger partial charge in [-0.25, -0.2) is 0 Å². The van der Waals surface area contributed by atoms with Crippen LogP contribution in [0.1, 0.15) is 50.7 Å². The zero-order chi connectivity index (χ0) is 17.7. The van der Waals surface area contributed by atoms with Gasteiger partial charge in [-0.1, -0.05) is 67.1 Å². The summed E-state index contributed by atoms with van der Waals surface area (Å²) in [6.07, 6.45) is 4.67. The number of aliphatic hydroxyl groups is 1. The molecule has 0 bridgehead atoms. The Hall–Kier alpha value is -1.64. The van der Waals surface area contributed by atoms with Gasteiger partial charge in [0.1, 0.15) is 0 Å². The molecular formula is C23H31NO. The van der Waals surface area contributed by atoms with E-state index < -0.39 is 5.60 Å². The molecule has 0 saturated heterocycles. The molecule has 1 fully saturated rings. The van der Waals surface area contributed by atoms with Crippen LogP contribution in [0.4, 0.5) is 0 Å². The Labute approximate surface area is 152 Å². The second-order valence-electron chi connectivity index (χ2n) is 8.05. The lowest BCUT2D eigenvalue weighted by Gasteiger charge is -2.41. The lowest BCUT2D eigenvalue weighted by atomic mass is 9.76. The molecule has 2 heteroatoms. The number of rotatable bonds is 6. The van der Waals surface area contributed by atoms with Gasteiger partial charge in [0.05, 0.1) is 5.60 Å². The predicted octanol–water partition coefficient (Wildman–Crippen LogP) is 5.02. The molecule has 0 aliphatic heterocycles. The quantitative estimate of drug-likeness (QED) is 0.800. The Morgan fingerprint density at radius 1 is 0.880 bits per heavy atom. The molecule has 0 unspecified atom stereocenters. The largest absolute Gasteiger partial charge is 0.390 e. The van der Waals surface area contributed by atoms with Crippen molar-refractivity contribution < 1.29 is 5.11 Å². The van der Waals surface area contributed by atoms with E-state index in [-0.39, 0.29) is 0 Å². The SMILES string of the molecule is CC(C)(O)[C@H]1CCC[C@H](N(Cc2ccccc2)Cc2ccccc2)C1. The maximum Gasteiger partial charge on any atom is 0.0620 e. The average Bonchev–Trinajstić information content (AvgIpc) is 2.62. The zero-order valence-electron chi connectivity index (χ0n) is 15.6. The van der Waals surface area contributed by atoms with Crippen molar-refractivity contribution in [1.82, 2.24) is 4.90 Å². The van der Waals surface area contributed by atoms with Gasteiger partial charge in [-0.2, -0.15) is 0 Å². The first-order valence-corrected chi connectivity index (χ1v) is 9.56. The van der Waals surface area contributed by atoms with E-state index in [1.165, 1.54) is 24.0 Å². The number of nitrogens with zero attached hydrogens (tertiary/aromatic N) is 1. The van der Waals surface area contributed by atoms with Crippen molar-refractivity contribution in [3.63, 3.8) is 0 Å². The Balaban J connectivity index is 1.77. The second-order valence-corrected chi connectivity index (χ2v) is 8.05. The minimum atomic E-state index is -0.580. The van der Waals surface area contributed by atoms with Gasteiger partial charge >= 0.3 is 0 Å². The van der Waals surface area contributed by atoms with E-state index >= 15 is 0 Å². The van der Waals surface area contributed by atoms with Crippen LogP contribution in [0, 0.1) is 5.92 Å². The first-order chi connectivity index (χ1) is 12.0. The Morgan fingerprint density at radius 3 is 1.88 bits per heavy atom. The van der Waals surface area contributed by atoms with Crippen LogP contribution in [0.2, 0.25) is 0 Å². The first kappa shape index (κ1) is 18.2. The third-order valence-electron chi connectivity index (χ3n) is 5.62. The van der Waals surface area contributed by atoms with Crippen LogP contribution < -0.4 is 0 Å². The molecule has 0 aromatic heterocycles. The van der Waals surface area contributed by atoms with Crippen molar-refractivity contribution in [3.05, 3.63) is 71.8 Å². The van der Waals surface area contributed by atoms with E-state index in [0.29, 0.717) is 12.0 Å². The summed E-state index contributed by atoms with van der Waals surface area (Å²) in [5.41, 5.74) is 2.15. The molecule has 134 valence electrons. The molecule has 1 aliphatic carbocycles. The van der Waals surface area contributed by atoms with E-state index in [1.54, 1.807) is 0 Å². The summed E-state index contributed by atoms with van der Waals surface area (Å²) >= 11 is 0. The number of hydrogen-bond acceptors (Lipinski definition) is 2. The maximum atomic E-state index is 10.5. The maximum absolute atomic E-state index is 10.5. The minimum absolute atomic E-state index is 0.389. The highest BCUT2D eigenvalue weighted by Gasteiger charge is 2.34. The van der Waals surface area contributed by atoms with Crippen LogP contribution >= 0.6 is 0 Å². The molecule has 0 amide bonds. The molecular weight excluding hydrogens is 306 g/mol. The standard InChI is InChI=1S/C23H31NO/c1-23(2,25)21-14-9-15-22(16-21)24(17-19-10-5-3-6-11-19)18-20-12-7-4-8-13-20/h3-8,10-13,21-22,25H,9,14-18H2,1-2H3/t21-,22-/m0/s1. The molecule has 2 nitrogen and oxygen atoms in total. The number of benzene rings is 2. The fourth-order valence-electron chi connectivity index (χ4n) is 4.09. The second kappa shape index (κ2) is 8.16. The Bertz CT molecular complexity index is 591. The molecule has 0 heterocycles. The van der Waals surface area contributed by atoms with E-state index in [0.717, 1.165) is 25.9 Å². The van der Waals surface area contributed by atoms with Crippen LogP contribution in [0.3, 0.4) is 0 Å². The van der Waals surface area contributed by atoms with Gasteiger partial charge in [0.25, 0.3) is 0 Å². The molecule has 0 spiro atoms. The molecule has 2 atom stereocenters. The van der Waals surface area contributed by atoms with Crippen LogP contribution in [0.15, 0.2) is 60.7 Å². The monoisotopic (exact) mass is 337 g/mol. The molecule has 2 aromatic carbocycles. The van der Waals surface area contributed by atoms with Crippen LogP contribution in [-0.2, 0) is 13.1 Å². The summed E-state index contributed by atoms with van der Waals surface area (Å²) < 4.78 is 0. The fraction of sp³-hybridized carbons (Fsp3) is 0.478. The molecule has 0 radical (unpaired) electrons. The van der Waals surface area contributed by atoms with Gasteiger partial charge in [-0.15, -0.1) is 0 Å². The normalized spacial score (nSPS) is 21.4. The summed E-state index contributed by atoms with van der Waals surface area (Å²) in [6, 6.07) is 22.0. The predicted molar refractivity (Wildman–Crippen MR) is 104 cm³/mol. The topological polar surface area (TPSA) is 23.5 Å².